The predicted octanol–water partition coefficient (Wildman–Crippen LogP) is 12.3. The van der Waals surface area contributed by atoms with Crippen LogP contribution in [0.25, 0.3) is 43.8 Å². The Morgan fingerprint density at radius 3 is 1.26 bits per heavy atom. The summed E-state index contributed by atoms with van der Waals surface area (Å²) in [7, 11) is 0. The molecule has 262 valence electrons. The summed E-state index contributed by atoms with van der Waals surface area (Å²) in [4.78, 5) is 22.0. The lowest BCUT2D eigenvalue weighted by Gasteiger charge is -2.18. The summed E-state index contributed by atoms with van der Waals surface area (Å²) in [5.74, 6) is 2.35. The molecule has 0 saturated carbocycles. The third-order valence-corrected chi connectivity index (χ3v) is 9.10. The Hall–Kier alpha value is -7.52. The molecule has 1 aliphatic rings. The topological polar surface area (TPSA) is 114 Å². The number of para-hydroxylation sites is 4. The molecular formula is C45H30N2O7. The molecule has 2 bridgehead atoms. The van der Waals surface area contributed by atoms with Crippen LogP contribution in [0, 0.1) is 20.2 Å². The maximum atomic E-state index is 11.5. The van der Waals surface area contributed by atoms with E-state index in [2.05, 4.69) is 36.4 Å². The van der Waals surface area contributed by atoms with Crippen LogP contribution < -0.4 is 14.2 Å². The van der Waals surface area contributed by atoms with E-state index in [0.29, 0.717) is 11.5 Å². The average molecular weight is 711 g/mol. The van der Waals surface area contributed by atoms with Gasteiger partial charge >= 0.3 is 11.4 Å². The van der Waals surface area contributed by atoms with Gasteiger partial charge in [-0.3, -0.25) is 20.2 Å². The summed E-state index contributed by atoms with van der Waals surface area (Å²) < 4.78 is 17.0. The van der Waals surface area contributed by atoms with Crippen molar-refractivity contribution in [3.05, 3.63) is 196 Å². The van der Waals surface area contributed by atoms with Crippen LogP contribution in [0.15, 0.2) is 170 Å². The lowest BCUT2D eigenvalue weighted by Crippen LogP contribution is -1.94. The number of nitro groups is 2. The zero-order chi connectivity index (χ0) is 37.0. The molecule has 0 saturated heterocycles. The molecule has 1 heterocycles. The molecule has 54 heavy (non-hydrogen) atoms. The number of nitro benzene ring substituents is 2. The molecule has 0 spiro atoms. The Labute approximate surface area is 309 Å². The molecule has 8 aromatic rings. The second-order valence-corrected chi connectivity index (χ2v) is 12.5. The van der Waals surface area contributed by atoms with Crippen LogP contribution in [-0.4, -0.2) is 9.85 Å². The first kappa shape index (κ1) is 33.6. The van der Waals surface area contributed by atoms with Gasteiger partial charge in [-0.15, -0.1) is 0 Å². The fourth-order valence-corrected chi connectivity index (χ4v) is 6.66. The number of hydrogen-bond acceptors (Lipinski definition) is 7. The largest absolute Gasteiger partial charge is 0.489 e. The van der Waals surface area contributed by atoms with E-state index in [1.54, 1.807) is 36.4 Å². The minimum Gasteiger partial charge on any atom is -0.489 e. The van der Waals surface area contributed by atoms with E-state index < -0.39 is 9.85 Å². The first-order valence-electron chi connectivity index (χ1n) is 17.1. The van der Waals surface area contributed by atoms with Crippen LogP contribution in [0.3, 0.4) is 0 Å². The highest BCUT2D eigenvalue weighted by molar-refractivity contribution is 6.21. The van der Waals surface area contributed by atoms with Crippen molar-refractivity contribution < 1.29 is 24.1 Å². The van der Waals surface area contributed by atoms with Gasteiger partial charge in [0, 0.05) is 12.1 Å². The van der Waals surface area contributed by atoms with E-state index in [4.69, 9.17) is 14.2 Å². The Morgan fingerprint density at radius 1 is 0.463 bits per heavy atom. The average Bonchev–Trinajstić information content (AvgIpc) is 3.54. The zero-order valence-corrected chi connectivity index (χ0v) is 28.6. The standard InChI is InChI=1S/C38H24N2O6.C7H6O/c41-39(42)33-13-5-7-15-35(33)45-27-21-17-25(18-22-27)37-29-9-1-2-10-30(29)38(32-12-4-3-11-31(32)37)26-19-23-28(24-20-26)46-36-16-8-6-14-34(36)40(43)44;1-2-6-4-7(3-1)8-5-6/h1-24H;1-4H,5H2. The van der Waals surface area contributed by atoms with Gasteiger partial charge in [-0.1, -0.05) is 109 Å². The lowest BCUT2D eigenvalue weighted by atomic mass is 9.86. The number of hydrogen-bond donors (Lipinski definition) is 0. The molecule has 0 radical (unpaired) electrons. The summed E-state index contributed by atoms with van der Waals surface area (Å²) >= 11 is 0. The molecule has 9 nitrogen and oxygen atoms in total. The highest BCUT2D eigenvalue weighted by Gasteiger charge is 2.19. The highest BCUT2D eigenvalue weighted by Crippen LogP contribution is 2.44. The molecule has 0 amide bonds. The predicted molar refractivity (Wildman–Crippen MR) is 209 cm³/mol. The van der Waals surface area contributed by atoms with Gasteiger partial charge in [0.25, 0.3) is 0 Å². The maximum absolute atomic E-state index is 11.5. The second-order valence-electron chi connectivity index (χ2n) is 12.5. The second kappa shape index (κ2) is 14.6. The van der Waals surface area contributed by atoms with Gasteiger partial charge in [0.15, 0.2) is 0 Å². The van der Waals surface area contributed by atoms with E-state index in [0.717, 1.165) is 56.2 Å². The SMILES string of the molecule is O=[N+]([O-])c1ccccc1Oc1ccc(-c2c3ccccc3c(-c3ccc(Oc4ccccc4[N+](=O)[O-])cc3)c3ccccc23)cc1.c1cc2cc(c1)OC2. The summed E-state index contributed by atoms with van der Waals surface area (Å²) in [5.41, 5.74) is 5.15. The molecule has 0 atom stereocenters. The van der Waals surface area contributed by atoms with Gasteiger partial charge in [0.1, 0.15) is 23.9 Å². The van der Waals surface area contributed by atoms with Crippen molar-refractivity contribution in [3.8, 4) is 51.0 Å². The minimum absolute atomic E-state index is 0.0971. The summed E-state index contributed by atoms with van der Waals surface area (Å²) in [6.45, 7) is 0.766. The smallest absolute Gasteiger partial charge is 0.311 e. The molecule has 9 heteroatoms. The third-order valence-electron chi connectivity index (χ3n) is 9.10. The van der Waals surface area contributed by atoms with Crippen LogP contribution in [-0.2, 0) is 6.61 Å². The van der Waals surface area contributed by atoms with Crippen molar-refractivity contribution in [1.29, 1.82) is 0 Å². The van der Waals surface area contributed by atoms with Crippen LogP contribution in [0.2, 0.25) is 0 Å². The monoisotopic (exact) mass is 710 g/mol. The van der Waals surface area contributed by atoms with Crippen molar-refractivity contribution >= 4 is 32.9 Å². The van der Waals surface area contributed by atoms with Gasteiger partial charge in [0.2, 0.25) is 11.5 Å². The van der Waals surface area contributed by atoms with Crippen molar-refractivity contribution in [2.45, 2.75) is 6.61 Å². The van der Waals surface area contributed by atoms with Gasteiger partial charge in [-0.05, 0) is 97.9 Å². The van der Waals surface area contributed by atoms with E-state index in [9.17, 15) is 20.2 Å². The molecule has 0 unspecified atom stereocenters. The minimum atomic E-state index is -0.459. The highest BCUT2D eigenvalue weighted by atomic mass is 16.6. The summed E-state index contributed by atoms with van der Waals surface area (Å²) in [5, 5.41) is 27.1. The molecule has 0 aliphatic carbocycles. The first-order chi connectivity index (χ1) is 26.4. The zero-order valence-electron chi connectivity index (χ0n) is 28.6. The van der Waals surface area contributed by atoms with E-state index in [1.165, 1.54) is 17.7 Å². The van der Waals surface area contributed by atoms with E-state index >= 15 is 0 Å². The van der Waals surface area contributed by atoms with Crippen LogP contribution in [0.1, 0.15) is 5.56 Å². The number of rotatable bonds is 8. The molecule has 9 rings (SSSR count). The Balaban J connectivity index is 0.000000454. The van der Waals surface area contributed by atoms with Gasteiger partial charge < -0.3 is 14.2 Å². The quantitative estimate of drug-likeness (QED) is 0.0875. The third kappa shape index (κ3) is 6.77. The number of fused-ring (bicyclic) bond motifs is 4. The first-order valence-corrected chi connectivity index (χ1v) is 17.1. The fraction of sp³-hybridized carbons (Fsp3) is 0.0222. The summed E-state index contributed by atoms with van der Waals surface area (Å²) in [6, 6.07) is 52.3. The van der Waals surface area contributed by atoms with Crippen molar-refractivity contribution in [1.82, 2.24) is 0 Å². The number of ether oxygens (including phenoxy) is 3. The molecule has 8 aromatic carbocycles. The molecule has 0 fully saturated rings. The normalized spacial score (nSPS) is 11.3. The van der Waals surface area contributed by atoms with Crippen LogP contribution >= 0.6 is 0 Å². The Bertz CT molecular complexity index is 2440. The van der Waals surface area contributed by atoms with E-state index in [-0.39, 0.29) is 22.9 Å². The molecular weight excluding hydrogens is 681 g/mol. The van der Waals surface area contributed by atoms with E-state index in [1.807, 2.05) is 84.9 Å². The maximum Gasteiger partial charge on any atom is 0.311 e. The molecule has 0 N–H and O–H groups in total. The van der Waals surface area contributed by atoms with Crippen LogP contribution in [0.4, 0.5) is 11.4 Å². The van der Waals surface area contributed by atoms with Gasteiger partial charge in [-0.2, -0.15) is 0 Å². The number of benzene rings is 8. The van der Waals surface area contributed by atoms with Gasteiger partial charge in [0.05, 0.1) is 9.85 Å². The van der Waals surface area contributed by atoms with Crippen molar-refractivity contribution in [2.75, 3.05) is 0 Å². The van der Waals surface area contributed by atoms with Crippen molar-refractivity contribution in [2.24, 2.45) is 0 Å². The Kier molecular flexibility index (Phi) is 9.09. The molecule has 0 aromatic heterocycles. The van der Waals surface area contributed by atoms with Crippen molar-refractivity contribution in [3.63, 3.8) is 0 Å². The van der Waals surface area contributed by atoms with Crippen LogP contribution in [0.5, 0.6) is 28.7 Å². The summed E-state index contributed by atoms with van der Waals surface area (Å²) in [6.07, 6.45) is 0. The molecule has 1 aliphatic heterocycles. The number of nitrogens with zero attached hydrogens (tertiary/aromatic N) is 2. The fourth-order valence-electron chi connectivity index (χ4n) is 6.66. The Morgan fingerprint density at radius 2 is 0.870 bits per heavy atom. The van der Waals surface area contributed by atoms with Gasteiger partial charge in [-0.25, -0.2) is 0 Å². The lowest BCUT2D eigenvalue weighted by molar-refractivity contribution is -0.385.